The number of nitrogens with one attached hydrogen (secondary N) is 2. The van der Waals surface area contributed by atoms with E-state index in [1.807, 2.05) is 29.0 Å². The summed E-state index contributed by atoms with van der Waals surface area (Å²) in [5.74, 6) is 0.835. The summed E-state index contributed by atoms with van der Waals surface area (Å²) in [7, 11) is 0. The maximum absolute atomic E-state index is 4.28. The predicted octanol–water partition coefficient (Wildman–Crippen LogP) is 0.742. The van der Waals surface area contributed by atoms with Gasteiger partial charge < -0.3 is 5.32 Å². The lowest BCUT2D eigenvalue weighted by Gasteiger charge is -2.00. The fourth-order valence-corrected chi connectivity index (χ4v) is 1.76. The van der Waals surface area contributed by atoms with E-state index in [4.69, 9.17) is 0 Å². The van der Waals surface area contributed by atoms with Crippen LogP contribution in [0.5, 0.6) is 0 Å². The van der Waals surface area contributed by atoms with E-state index in [2.05, 4.69) is 31.7 Å². The van der Waals surface area contributed by atoms with Crippen LogP contribution in [0, 0.1) is 0 Å². The first-order valence-electron chi connectivity index (χ1n) is 5.40. The minimum Gasteiger partial charge on any atom is -0.306 e. The van der Waals surface area contributed by atoms with Gasteiger partial charge in [0.25, 0.3) is 0 Å². The first kappa shape index (κ1) is 9.98. The lowest BCUT2D eigenvalue weighted by Crippen LogP contribution is -2.13. The summed E-state index contributed by atoms with van der Waals surface area (Å²) in [5, 5.41) is 14.2. The molecule has 0 saturated heterocycles. The summed E-state index contributed by atoms with van der Waals surface area (Å²) < 4.78 is 1.87. The van der Waals surface area contributed by atoms with Gasteiger partial charge in [-0.1, -0.05) is 6.07 Å². The number of H-pyrrole nitrogens is 1. The minimum absolute atomic E-state index is 0.671. The van der Waals surface area contributed by atoms with Crippen LogP contribution in [0.25, 0.3) is 5.52 Å². The lowest BCUT2D eigenvalue weighted by molar-refractivity contribution is 0.667. The second kappa shape index (κ2) is 4.34. The molecule has 0 saturated carbocycles. The molecule has 0 bridgehead atoms. The van der Waals surface area contributed by atoms with E-state index in [1.165, 1.54) is 11.9 Å². The van der Waals surface area contributed by atoms with Gasteiger partial charge in [-0.05, 0) is 12.1 Å². The van der Waals surface area contributed by atoms with Crippen molar-refractivity contribution in [3.05, 3.63) is 48.3 Å². The van der Waals surface area contributed by atoms with Crippen molar-refractivity contribution in [1.29, 1.82) is 0 Å². The highest BCUT2D eigenvalue weighted by Crippen LogP contribution is 2.09. The summed E-state index contributed by atoms with van der Waals surface area (Å²) >= 11 is 0. The molecule has 3 rings (SSSR count). The van der Waals surface area contributed by atoms with Gasteiger partial charge in [0.2, 0.25) is 0 Å². The average Bonchev–Trinajstić information content (AvgIpc) is 2.99. The van der Waals surface area contributed by atoms with Gasteiger partial charge in [-0.3, -0.25) is 5.10 Å². The van der Waals surface area contributed by atoms with Crippen molar-refractivity contribution in [3.8, 4) is 0 Å². The van der Waals surface area contributed by atoms with E-state index in [1.54, 1.807) is 0 Å². The van der Waals surface area contributed by atoms with Crippen molar-refractivity contribution in [2.24, 2.45) is 0 Å². The number of fused-ring (bicyclic) bond motifs is 1. The Bertz CT molecular complexity index is 597. The molecule has 0 fully saturated rings. The zero-order valence-electron chi connectivity index (χ0n) is 9.17. The number of rotatable bonds is 4. The molecule has 0 amide bonds. The Morgan fingerprint density at radius 2 is 2.29 bits per heavy atom. The molecule has 6 nitrogen and oxygen atoms in total. The normalized spacial score (nSPS) is 11.1. The van der Waals surface area contributed by atoms with E-state index in [9.17, 15) is 0 Å². The Kier molecular flexibility index (Phi) is 2.55. The van der Waals surface area contributed by atoms with Gasteiger partial charge >= 0.3 is 0 Å². The Morgan fingerprint density at radius 3 is 3.18 bits per heavy atom. The van der Waals surface area contributed by atoms with Crippen LogP contribution in [0.3, 0.4) is 0 Å². The minimum atomic E-state index is 0.671. The van der Waals surface area contributed by atoms with Gasteiger partial charge in [-0.25, -0.2) is 9.50 Å². The summed E-state index contributed by atoms with van der Waals surface area (Å²) in [4.78, 5) is 4.05. The van der Waals surface area contributed by atoms with Gasteiger partial charge in [0, 0.05) is 18.3 Å². The van der Waals surface area contributed by atoms with Crippen molar-refractivity contribution in [2.45, 2.75) is 13.1 Å². The smallest absolute Gasteiger partial charge is 0.138 e. The maximum atomic E-state index is 4.28. The molecule has 0 aliphatic rings. The van der Waals surface area contributed by atoms with E-state index in [-0.39, 0.29) is 0 Å². The molecule has 0 spiro atoms. The van der Waals surface area contributed by atoms with Crippen LogP contribution >= 0.6 is 0 Å². The van der Waals surface area contributed by atoms with Crippen molar-refractivity contribution >= 4 is 5.52 Å². The molecule has 0 aromatic carbocycles. The van der Waals surface area contributed by atoms with Gasteiger partial charge in [0.05, 0.1) is 18.3 Å². The number of pyridine rings is 1. The first-order chi connectivity index (χ1) is 8.43. The van der Waals surface area contributed by atoms with Crippen molar-refractivity contribution in [1.82, 2.24) is 30.1 Å². The Labute approximate surface area is 97.7 Å². The summed E-state index contributed by atoms with van der Waals surface area (Å²) in [6, 6.07) is 6.03. The van der Waals surface area contributed by atoms with Crippen molar-refractivity contribution in [3.63, 3.8) is 0 Å². The molecule has 6 heteroatoms. The Balaban J connectivity index is 1.69. The third kappa shape index (κ3) is 2.02. The van der Waals surface area contributed by atoms with Crippen LogP contribution in [0.15, 0.2) is 36.9 Å². The van der Waals surface area contributed by atoms with Gasteiger partial charge in [0.1, 0.15) is 12.2 Å². The highest BCUT2D eigenvalue weighted by Gasteiger charge is 2.02. The molecule has 3 heterocycles. The molecule has 17 heavy (non-hydrogen) atoms. The molecule has 86 valence electrons. The lowest BCUT2D eigenvalue weighted by atomic mass is 10.2. The van der Waals surface area contributed by atoms with Crippen LogP contribution in [0.4, 0.5) is 0 Å². The van der Waals surface area contributed by atoms with Crippen LogP contribution < -0.4 is 5.32 Å². The van der Waals surface area contributed by atoms with E-state index in [0.29, 0.717) is 6.54 Å². The largest absolute Gasteiger partial charge is 0.306 e. The average molecular weight is 228 g/mol. The fraction of sp³-hybridized carbons (Fsp3) is 0.182. The molecule has 0 aliphatic heterocycles. The molecule has 3 aromatic heterocycles. The summed E-state index contributed by atoms with van der Waals surface area (Å²) in [6.07, 6.45) is 5.32. The molecule has 2 N–H and O–H groups in total. The quantitative estimate of drug-likeness (QED) is 0.691. The standard InChI is InChI=1S/C11H12N6/c1-2-4-17-10(3-1)9(6-15-17)5-12-7-11-13-8-14-16-11/h1-4,6,8,12H,5,7H2,(H,13,14,16). The Morgan fingerprint density at radius 1 is 1.29 bits per heavy atom. The number of nitrogens with zero attached hydrogens (tertiary/aromatic N) is 4. The van der Waals surface area contributed by atoms with E-state index < -0.39 is 0 Å². The van der Waals surface area contributed by atoms with E-state index >= 15 is 0 Å². The summed E-state index contributed by atoms with van der Waals surface area (Å²) in [6.45, 7) is 1.43. The topological polar surface area (TPSA) is 70.9 Å². The second-order valence-corrected chi connectivity index (χ2v) is 3.74. The third-order valence-corrected chi connectivity index (χ3v) is 2.58. The number of aromatic amines is 1. The molecule has 3 aromatic rings. The number of hydrogen-bond acceptors (Lipinski definition) is 4. The third-order valence-electron chi connectivity index (χ3n) is 2.58. The fourth-order valence-electron chi connectivity index (χ4n) is 1.76. The number of aromatic nitrogens is 5. The predicted molar refractivity (Wildman–Crippen MR) is 62.1 cm³/mol. The van der Waals surface area contributed by atoms with Gasteiger partial charge in [0.15, 0.2) is 0 Å². The van der Waals surface area contributed by atoms with Crippen molar-refractivity contribution in [2.75, 3.05) is 0 Å². The summed E-state index contributed by atoms with van der Waals surface area (Å²) in [5.41, 5.74) is 2.29. The Hall–Kier alpha value is -2.21. The monoisotopic (exact) mass is 228 g/mol. The van der Waals surface area contributed by atoms with Crippen molar-refractivity contribution < 1.29 is 0 Å². The van der Waals surface area contributed by atoms with Crippen LogP contribution in [-0.2, 0) is 13.1 Å². The van der Waals surface area contributed by atoms with Crippen LogP contribution in [0.1, 0.15) is 11.4 Å². The zero-order chi connectivity index (χ0) is 11.5. The molecule has 0 atom stereocenters. The molecule has 0 aliphatic carbocycles. The molecular weight excluding hydrogens is 216 g/mol. The van der Waals surface area contributed by atoms with Crippen LogP contribution in [-0.4, -0.2) is 24.8 Å². The first-order valence-corrected chi connectivity index (χ1v) is 5.40. The van der Waals surface area contributed by atoms with Crippen LogP contribution in [0.2, 0.25) is 0 Å². The molecular formula is C11H12N6. The number of hydrogen-bond donors (Lipinski definition) is 2. The van der Waals surface area contributed by atoms with Gasteiger partial charge in [-0.2, -0.15) is 10.2 Å². The second-order valence-electron chi connectivity index (χ2n) is 3.74. The highest BCUT2D eigenvalue weighted by atomic mass is 15.2. The van der Waals surface area contributed by atoms with E-state index in [0.717, 1.165) is 17.9 Å². The van der Waals surface area contributed by atoms with Gasteiger partial charge in [-0.15, -0.1) is 0 Å². The maximum Gasteiger partial charge on any atom is 0.138 e. The molecule has 0 unspecified atom stereocenters. The highest BCUT2D eigenvalue weighted by molar-refractivity contribution is 5.53. The zero-order valence-corrected chi connectivity index (χ0v) is 9.17. The SMILES string of the molecule is c1ccn2ncc(CNCc3ncn[nH]3)c2c1. The molecule has 0 radical (unpaired) electrons.